The average Bonchev–Trinajstić information content (AvgIpc) is 3.02. The van der Waals surface area contributed by atoms with E-state index >= 15 is 0 Å². The number of piperidine rings is 1. The van der Waals surface area contributed by atoms with Gasteiger partial charge in [-0.3, -0.25) is 0 Å². The van der Waals surface area contributed by atoms with Crippen LogP contribution in [0.2, 0.25) is 0 Å². The Bertz CT molecular complexity index is 910. The average molecular weight is 347 g/mol. The third-order valence-corrected chi connectivity index (χ3v) is 4.32. The van der Waals surface area contributed by atoms with Gasteiger partial charge in [-0.15, -0.1) is 5.10 Å². The summed E-state index contributed by atoms with van der Waals surface area (Å²) in [5.74, 6) is -1.52. The van der Waals surface area contributed by atoms with Crippen LogP contribution in [0.15, 0.2) is 36.5 Å². The first kappa shape index (κ1) is 15.9. The zero-order valence-electron chi connectivity index (χ0n) is 13.2. The predicted molar refractivity (Wildman–Crippen MR) is 88.1 cm³/mol. The molecule has 3 aromatic rings. The van der Waals surface area contributed by atoms with Crippen LogP contribution in [-0.4, -0.2) is 39.9 Å². The molecule has 1 aliphatic heterocycles. The molecule has 1 aliphatic rings. The Morgan fingerprint density at radius 1 is 1.20 bits per heavy atom. The Morgan fingerprint density at radius 2 is 2.08 bits per heavy atom. The summed E-state index contributed by atoms with van der Waals surface area (Å²) in [6.45, 7) is 1.02. The Kier molecular flexibility index (Phi) is 4.04. The number of fused-ring (bicyclic) bond motifs is 1. The number of anilines is 1. The number of halogens is 3. The summed E-state index contributed by atoms with van der Waals surface area (Å²) in [6, 6.07) is 6.82. The first-order chi connectivity index (χ1) is 12.1. The number of alkyl halides is 1. The van der Waals surface area contributed by atoms with Crippen LogP contribution >= 0.6 is 0 Å². The normalized spacial score (nSPS) is 20.8. The van der Waals surface area contributed by atoms with E-state index in [1.165, 1.54) is 10.6 Å². The summed E-state index contributed by atoms with van der Waals surface area (Å²) in [7, 11) is 0. The SMILES string of the molecule is Fc1ccc(-c2cccn3nc(NC4CCNCC4F)nc23)cc1F. The lowest BCUT2D eigenvalue weighted by molar-refractivity contribution is 0.244. The predicted octanol–water partition coefficient (Wildman–Crippen LogP) is 2.79. The van der Waals surface area contributed by atoms with Crippen molar-refractivity contribution < 1.29 is 13.2 Å². The monoisotopic (exact) mass is 347 g/mol. The highest BCUT2D eigenvalue weighted by Crippen LogP contribution is 2.26. The molecule has 0 saturated carbocycles. The van der Waals surface area contributed by atoms with Gasteiger partial charge in [0.2, 0.25) is 5.95 Å². The van der Waals surface area contributed by atoms with Gasteiger partial charge in [0, 0.05) is 18.3 Å². The number of hydrogen-bond acceptors (Lipinski definition) is 4. The second-order valence-corrected chi connectivity index (χ2v) is 6.01. The van der Waals surface area contributed by atoms with Gasteiger partial charge in [0.15, 0.2) is 17.3 Å². The largest absolute Gasteiger partial charge is 0.347 e. The van der Waals surface area contributed by atoms with Crippen LogP contribution in [0.1, 0.15) is 6.42 Å². The highest BCUT2D eigenvalue weighted by Gasteiger charge is 2.25. The van der Waals surface area contributed by atoms with E-state index in [2.05, 4.69) is 20.7 Å². The van der Waals surface area contributed by atoms with Gasteiger partial charge in [0.25, 0.3) is 0 Å². The van der Waals surface area contributed by atoms with Crippen LogP contribution < -0.4 is 10.6 Å². The van der Waals surface area contributed by atoms with E-state index in [0.29, 0.717) is 35.7 Å². The van der Waals surface area contributed by atoms with Crippen molar-refractivity contribution >= 4 is 11.6 Å². The van der Waals surface area contributed by atoms with Crippen molar-refractivity contribution in [1.29, 1.82) is 0 Å². The van der Waals surface area contributed by atoms with Crippen molar-refractivity contribution in [3.05, 3.63) is 48.2 Å². The molecule has 0 spiro atoms. The summed E-state index contributed by atoms with van der Waals surface area (Å²) in [6.07, 6.45) is 1.31. The summed E-state index contributed by atoms with van der Waals surface area (Å²) >= 11 is 0. The van der Waals surface area contributed by atoms with Crippen LogP contribution in [0.25, 0.3) is 16.8 Å². The zero-order chi connectivity index (χ0) is 17.4. The molecule has 2 aromatic heterocycles. The van der Waals surface area contributed by atoms with Crippen molar-refractivity contribution in [3.8, 4) is 11.1 Å². The maximum Gasteiger partial charge on any atom is 0.243 e. The maximum absolute atomic E-state index is 14.0. The topological polar surface area (TPSA) is 54.2 Å². The minimum absolute atomic E-state index is 0.297. The summed E-state index contributed by atoms with van der Waals surface area (Å²) in [4.78, 5) is 4.41. The van der Waals surface area contributed by atoms with E-state index in [4.69, 9.17) is 0 Å². The summed E-state index contributed by atoms with van der Waals surface area (Å²) in [5, 5.41) is 10.3. The van der Waals surface area contributed by atoms with E-state index in [9.17, 15) is 13.2 Å². The molecular formula is C17H16F3N5. The molecule has 5 nitrogen and oxygen atoms in total. The molecule has 2 atom stereocenters. The third-order valence-electron chi connectivity index (χ3n) is 4.32. The molecule has 0 aliphatic carbocycles. The van der Waals surface area contributed by atoms with E-state index < -0.39 is 17.8 Å². The molecule has 8 heteroatoms. The van der Waals surface area contributed by atoms with E-state index in [0.717, 1.165) is 18.7 Å². The second kappa shape index (κ2) is 6.36. The van der Waals surface area contributed by atoms with Gasteiger partial charge < -0.3 is 10.6 Å². The summed E-state index contributed by atoms with van der Waals surface area (Å²) < 4.78 is 42.2. The molecule has 2 unspecified atom stereocenters. The molecule has 25 heavy (non-hydrogen) atoms. The van der Waals surface area contributed by atoms with Crippen LogP contribution in [-0.2, 0) is 0 Å². The molecule has 130 valence electrons. The Hall–Kier alpha value is -2.61. The summed E-state index contributed by atoms with van der Waals surface area (Å²) in [5.41, 5.74) is 1.60. The molecule has 0 bridgehead atoms. The van der Waals surface area contributed by atoms with Crippen LogP contribution in [0.3, 0.4) is 0 Å². The number of hydrogen-bond donors (Lipinski definition) is 2. The van der Waals surface area contributed by atoms with Crippen LogP contribution in [0.5, 0.6) is 0 Å². The quantitative estimate of drug-likeness (QED) is 0.765. The highest BCUT2D eigenvalue weighted by molar-refractivity contribution is 5.77. The standard InChI is InChI=1S/C17H16F3N5/c18-12-4-3-10(8-13(12)19)11-2-1-7-25-16(11)23-17(24-25)22-15-5-6-21-9-14(15)20/h1-4,7-8,14-15,21H,5-6,9H2,(H,22,24). The van der Waals surface area contributed by atoms with Gasteiger partial charge in [-0.2, -0.15) is 4.98 Å². The second-order valence-electron chi connectivity index (χ2n) is 6.01. The van der Waals surface area contributed by atoms with Gasteiger partial charge in [0.1, 0.15) is 6.17 Å². The molecule has 1 saturated heterocycles. The number of benzene rings is 1. The zero-order valence-corrected chi connectivity index (χ0v) is 13.2. The molecule has 0 radical (unpaired) electrons. The smallest absolute Gasteiger partial charge is 0.243 e. The first-order valence-corrected chi connectivity index (χ1v) is 8.04. The van der Waals surface area contributed by atoms with Crippen LogP contribution in [0, 0.1) is 11.6 Å². The van der Waals surface area contributed by atoms with Crippen molar-refractivity contribution in [1.82, 2.24) is 19.9 Å². The molecule has 4 rings (SSSR count). The Labute approximate surface area is 141 Å². The van der Waals surface area contributed by atoms with E-state index in [1.54, 1.807) is 18.3 Å². The maximum atomic E-state index is 14.0. The number of nitrogens with one attached hydrogen (secondary N) is 2. The van der Waals surface area contributed by atoms with Crippen molar-refractivity contribution in [2.24, 2.45) is 0 Å². The van der Waals surface area contributed by atoms with E-state index in [1.807, 2.05) is 0 Å². The lowest BCUT2D eigenvalue weighted by Crippen LogP contribution is -2.45. The third kappa shape index (κ3) is 3.05. The lowest BCUT2D eigenvalue weighted by Gasteiger charge is -2.26. The lowest BCUT2D eigenvalue weighted by atomic mass is 10.1. The van der Waals surface area contributed by atoms with Crippen molar-refractivity contribution in [3.63, 3.8) is 0 Å². The molecular weight excluding hydrogens is 331 g/mol. The Morgan fingerprint density at radius 3 is 2.88 bits per heavy atom. The Balaban J connectivity index is 1.69. The number of pyridine rings is 1. The van der Waals surface area contributed by atoms with Gasteiger partial charge in [-0.25, -0.2) is 17.7 Å². The van der Waals surface area contributed by atoms with Crippen molar-refractivity contribution in [2.45, 2.75) is 18.6 Å². The fraction of sp³-hybridized carbons (Fsp3) is 0.294. The van der Waals surface area contributed by atoms with Gasteiger partial charge in [0.05, 0.1) is 6.04 Å². The fourth-order valence-corrected chi connectivity index (χ4v) is 3.01. The van der Waals surface area contributed by atoms with Crippen molar-refractivity contribution in [2.75, 3.05) is 18.4 Å². The molecule has 1 aromatic carbocycles. The molecule has 2 N–H and O–H groups in total. The number of nitrogens with zero attached hydrogens (tertiary/aromatic N) is 3. The molecule has 1 fully saturated rings. The van der Waals surface area contributed by atoms with Gasteiger partial charge in [-0.1, -0.05) is 6.07 Å². The number of aromatic nitrogens is 3. The molecule has 3 heterocycles. The minimum atomic E-state index is -1.02. The minimum Gasteiger partial charge on any atom is -0.347 e. The van der Waals surface area contributed by atoms with E-state index in [-0.39, 0.29) is 6.04 Å². The number of rotatable bonds is 3. The fourth-order valence-electron chi connectivity index (χ4n) is 3.01. The molecule has 0 amide bonds. The highest BCUT2D eigenvalue weighted by atomic mass is 19.2. The van der Waals surface area contributed by atoms with Gasteiger partial charge in [-0.05, 0) is 42.8 Å². The van der Waals surface area contributed by atoms with Gasteiger partial charge >= 0.3 is 0 Å². The first-order valence-electron chi connectivity index (χ1n) is 8.04. The van der Waals surface area contributed by atoms with Crippen LogP contribution in [0.4, 0.5) is 19.1 Å².